The standard InChI is InChI=1S/C8H18N2O2/c1-6-3-7(4-12-6)8(10-9)5-11-2/h6-8,10H,3-5,9H2,1-2H3. The number of nitrogens with one attached hydrogen (secondary N) is 1. The Morgan fingerprint density at radius 3 is 2.92 bits per heavy atom. The Hall–Kier alpha value is -0.160. The van der Waals surface area contributed by atoms with E-state index >= 15 is 0 Å². The number of ether oxygens (including phenoxy) is 2. The molecule has 0 aromatic heterocycles. The number of nitrogens with two attached hydrogens (primary N) is 1. The van der Waals surface area contributed by atoms with Crippen molar-refractivity contribution in [2.75, 3.05) is 20.3 Å². The Morgan fingerprint density at radius 1 is 1.75 bits per heavy atom. The molecule has 1 rings (SSSR count). The second kappa shape index (κ2) is 4.77. The molecule has 1 aliphatic heterocycles. The summed E-state index contributed by atoms with van der Waals surface area (Å²) >= 11 is 0. The summed E-state index contributed by atoms with van der Waals surface area (Å²) in [4.78, 5) is 0. The zero-order chi connectivity index (χ0) is 8.97. The minimum absolute atomic E-state index is 0.222. The van der Waals surface area contributed by atoms with Gasteiger partial charge in [0.25, 0.3) is 0 Å². The molecule has 3 atom stereocenters. The Balaban J connectivity index is 2.33. The maximum atomic E-state index is 5.44. The fourth-order valence-electron chi connectivity index (χ4n) is 1.63. The molecule has 4 heteroatoms. The molecule has 12 heavy (non-hydrogen) atoms. The summed E-state index contributed by atoms with van der Waals surface area (Å²) in [6.45, 7) is 3.52. The lowest BCUT2D eigenvalue weighted by Crippen LogP contribution is -2.44. The zero-order valence-electron chi connectivity index (χ0n) is 7.75. The van der Waals surface area contributed by atoms with Crippen molar-refractivity contribution in [3.63, 3.8) is 0 Å². The highest BCUT2D eigenvalue weighted by atomic mass is 16.5. The number of hydrogen-bond donors (Lipinski definition) is 2. The van der Waals surface area contributed by atoms with Crippen molar-refractivity contribution < 1.29 is 9.47 Å². The van der Waals surface area contributed by atoms with E-state index in [-0.39, 0.29) is 6.04 Å². The predicted octanol–water partition coefficient (Wildman–Crippen LogP) is -0.110. The van der Waals surface area contributed by atoms with Crippen LogP contribution in [-0.2, 0) is 9.47 Å². The second-order valence-electron chi connectivity index (χ2n) is 3.37. The van der Waals surface area contributed by atoms with Gasteiger partial charge < -0.3 is 9.47 Å². The lowest BCUT2D eigenvalue weighted by atomic mass is 9.98. The maximum Gasteiger partial charge on any atom is 0.0632 e. The van der Waals surface area contributed by atoms with Crippen LogP contribution in [-0.4, -0.2) is 32.5 Å². The van der Waals surface area contributed by atoms with Gasteiger partial charge in [-0.05, 0) is 13.3 Å². The van der Waals surface area contributed by atoms with Crippen LogP contribution in [0.1, 0.15) is 13.3 Å². The van der Waals surface area contributed by atoms with Crippen molar-refractivity contribution in [3.05, 3.63) is 0 Å². The van der Waals surface area contributed by atoms with Crippen molar-refractivity contribution in [2.24, 2.45) is 11.8 Å². The van der Waals surface area contributed by atoms with Crippen LogP contribution < -0.4 is 11.3 Å². The van der Waals surface area contributed by atoms with E-state index in [1.807, 2.05) is 0 Å². The lowest BCUT2D eigenvalue weighted by Gasteiger charge is -2.20. The second-order valence-corrected chi connectivity index (χ2v) is 3.37. The molecule has 3 unspecified atom stereocenters. The highest BCUT2D eigenvalue weighted by Crippen LogP contribution is 2.21. The SMILES string of the molecule is COCC(NN)C1COC(C)C1. The summed E-state index contributed by atoms with van der Waals surface area (Å²) in [6, 6.07) is 0.222. The average Bonchev–Trinajstić information content (AvgIpc) is 2.47. The van der Waals surface area contributed by atoms with Crippen LogP contribution in [0.4, 0.5) is 0 Å². The summed E-state index contributed by atoms with van der Waals surface area (Å²) in [7, 11) is 1.68. The normalized spacial score (nSPS) is 32.2. The number of rotatable bonds is 4. The summed E-state index contributed by atoms with van der Waals surface area (Å²) in [5, 5.41) is 0. The third kappa shape index (κ3) is 2.42. The van der Waals surface area contributed by atoms with Crippen LogP contribution >= 0.6 is 0 Å². The van der Waals surface area contributed by atoms with Crippen LogP contribution in [0.2, 0.25) is 0 Å². The van der Waals surface area contributed by atoms with E-state index in [0.29, 0.717) is 18.6 Å². The average molecular weight is 174 g/mol. The van der Waals surface area contributed by atoms with Gasteiger partial charge in [-0.3, -0.25) is 11.3 Å². The van der Waals surface area contributed by atoms with E-state index in [2.05, 4.69) is 12.3 Å². The first-order chi connectivity index (χ1) is 5.77. The smallest absolute Gasteiger partial charge is 0.0632 e. The van der Waals surface area contributed by atoms with Crippen LogP contribution in [0.15, 0.2) is 0 Å². The first-order valence-electron chi connectivity index (χ1n) is 4.34. The largest absolute Gasteiger partial charge is 0.383 e. The molecular weight excluding hydrogens is 156 g/mol. The topological polar surface area (TPSA) is 56.5 Å². The molecule has 0 aliphatic carbocycles. The number of hydrazine groups is 1. The molecule has 0 bridgehead atoms. The maximum absolute atomic E-state index is 5.44. The van der Waals surface area contributed by atoms with Gasteiger partial charge in [-0.1, -0.05) is 0 Å². The molecule has 0 amide bonds. The van der Waals surface area contributed by atoms with Gasteiger partial charge in [-0.2, -0.15) is 0 Å². The monoisotopic (exact) mass is 174 g/mol. The van der Waals surface area contributed by atoms with Gasteiger partial charge in [0, 0.05) is 19.1 Å². The van der Waals surface area contributed by atoms with Crippen molar-refractivity contribution in [2.45, 2.75) is 25.5 Å². The van der Waals surface area contributed by atoms with Crippen molar-refractivity contribution >= 4 is 0 Å². The van der Waals surface area contributed by atoms with Crippen molar-refractivity contribution in [1.29, 1.82) is 0 Å². The fourth-order valence-corrected chi connectivity index (χ4v) is 1.63. The molecule has 0 saturated carbocycles. The molecule has 0 spiro atoms. The molecule has 4 nitrogen and oxygen atoms in total. The summed E-state index contributed by atoms with van der Waals surface area (Å²) in [5.74, 6) is 5.89. The van der Waals surface area contributed by atoms with E-state index in [0.717, 1.165) is 13.0 Å². The highest BCUT2D eigenvalue weighted by Gasteiger charge is 2.28. The molecule has 0 radical (unpaired) electrons. The molecule has 1 fully saturated rings. The minimum atomic E-state index is 0.222. The first-order valence-corrected chi connectivity index (χ1v) is 4.34. The van der Waals surface area contributed by atoms with E-state index in [9.17, 15) is 0 Å². The fraction of sp³-hybridized carbons (Fsp3) is 1.00. The Labute approximate surface area is 73.4 Å². The molecule has 3 N–H and O–H groups in total. The third-order valence-corrected chi connectivity index (χ3v) is 2.36. The van der Waals surface area contributed by atoms with E-state index < -0.39 is 0 Å². The minimum Gasteiger partial charge on any atom is -0.383 e. The molecule has 1 aliphatic rings. The molecule has 0 aromatic carbocycles. The lowest BCUT2D eigenvalue weighted by molar-refractivity contribution is 0.104. The molecular formula is C8H18N2O2. The summed E-state index contributed by atoms with van der Waals surface area (Å²) in [6.07, 6.45) is 1.43. The van der Waals surface area contributed by atoms with Gasteiger partial charge in [0.1, 0.15) is 0 Å². The third-order valence-electron chi connectivity index (χ3n) is 2.36. The van der Waals surface area contributed by atoms with Gasteiger partial charge in [-0.15, -0.1) is 0 Å². The Kier molecular flexibility index (Phi) is 3.94. The van der Waals surface area contributed by atoms with Crippen LogP contribution in [0, 0.1) is 5.92 Å². The van der Waals surface area contributed by atoms with E-state index in [4.69, 9.17) is 15.3 Å². The van der Waals surface area contributed by atoms with Crippen LogP contribution in [0.3, 0.4) is 0 Å². The Morgan fingerprint density at radius 2 is 2.50 bits per heavy atom. The quantitative estimate of drug-likeness (QED) is 0.461. The van der Waals surface area contributed by atoms with Gasteiger partial charge >= 0.3 is 0 Å². The van der Waals surface area contributed by atoms with Gasteiger partial charge in [-0.25, -0.2) is 0 Å². The van der Waals surface area contributed by atoms with E-state index in [1.165, 1.54) is 0 Å². The van der Waals surface area contributed by atoms with Crippen molar-refractivity contribution in [1.82, 2.24) is 5.43 Å². The molecule has 0 aromatic rings. The number of methoxy groups -OCH3 is 1. The van der Waals surface area contributed by atoms with Crippen LogP contribution in [0.5, 0.6) is 0 Å². The molecule has 72 valence electrons. The summed E-state index contributed by atoms with van der Waals surface area (Å²) in [5.41, 5.74) is 2.76. The van der Waals surface area contributed by atoms with Gasteiger partial charge in [0.15, 0.2) is 0 Å². The molecule has 1 saturated heterocycles. The Bertz CT molecular complexity index is 130. The van der Waals surface area contributed by atoms with Gasteiger partial charge in [0.2, 0.25) is 0 Å². The predicted molar refractivity (Wildman–Crippen MR) is 46.5 cm³/mol. The van der Waals surface area contributed by atoms with Gasteiger partial charge in [0.05, 0.1) is 19.3 Å². The zero-order valence-corrected chi connectivity index (χ0v) is 7.75. The van der Waals surface area contributed by atoms with Crippen molar-refractivity contribution in [3.8, 4) is 0 Å². The summed E-state index contributed by atoms with van der Waals surface area (Å²) < 4.78 is 10.5. The van der Waals surface area contributed by atoms with Crippen LogP contribution in [0.25, 0.3) is 0 Å². The highest BCUT2D eigenvalue weighted by molar-refractivity contribution is 4.80. The van der Waals surface area contributed by atoms with E-state index in [1.54, 1.807) is 7.11 Å². The molecule has 1 heterocycles. The number of hydrogen-bond acceptors (Lipinski definition) is 4. The first kappa shape index (κ1) is 9.92.